The van der Waals surface area contributed by atoms with E-state index in [4.69, 9.17) is 10.8 Å². The average Bonchev–Trinajstić information content (AvgIpc) is 2.35. The maximum Gasteiger partial charge on any atom is 0.323 e. The molecule has 1 aromatic heterocycles. The van der Waals surface area contributed by atoms with Crippen LogP contribution < -0.4 is 5.73 Å². The molecular weight excluding hydrogens is 236 g/mol. The van der Waals surface area contributed by atoms with Crippen LogP contribution in [0.1, 0.15) is 26.2 Å². The lowest BCUT2D eigenvalue weighted by Crippen LogP contribution is -2.47. The number of aromatic nitrogens is 1. The zero-order valence-corrected chi connectivity index (χ0v) is 10.7. The summed E-state index contributed by atoms with van der Waals surface area (Å²) in [6, 6.07) is 3.88. The third-order valence-electron chi connectivity index (χ3n) is 2.74. The van der Waals surface area contributed by atoms with Crippen LogP contribution >= 0.6 is 11.8 Å². The van der Waals surface area contributed by atoms with Gasteiger partial charge in [-0.2, -0.15) is 0 Å². The zero-order valence-electron chi connectivity index (χ0n) is 9.93. The minimum Gasteiger partial charge on any atom is -0.480 e. The predicted molar refractivity (Wildman–Crippen MR) is 69.0 cm³/mol. The van der Waals surface area contributed by atoms with Crippen LogP contribution in [0.4, 0.5) is 0 Å². The minimum absolute atomic E-state index is 0.461. The van der Waals surface area contributed by atoms with Crippen LogP contribution in [0.3, 0.4) is 0 Å². The topological polar surface area (TPSA) is 76.2 Å². The molecule has 0 radical (unpaired) electrons. The van der Waals surface area contributed by atoms with Gasteiger partial charge in [0, 0.05) is 17.3 Å². The van der Waals surface area contributed by atoms with Gasteiger partial charge in [-0.3, -0.25) is 9.78 Å². The Morgan fingerprint density at radius 2 is 2.18 bits per heavy atom. The van der Waals surface area contributed by atoms with Crippen molar-refractivity contribution in [2.75, 3.05) is 5.75 Å². The van der Waals surface area contributed by atoms with Crippen molar-refractivity contribution in [3.05, 3.63) is 24.5 Å². The number of nitrogens with two attached hydrogens (primary N) is 1. The zero-order chi connectivity index (χ0) is 12.7. The Morgan fingerprint density at radius 1 is 1.53 bits per heavy atom. The maximum absolute atomic E-state index is 11.0. The molecule has 0 bridgehead atoms. The molecule has 0 spiro atoms. The van der Waals surface area contributed by atoms with Gasteiger partial charge in [0.15, 0.2) is 0 Å². The number of pyridine rings is 1. The van der Waals surface area contributed by atoms with E-state index >= 15 is 0 Å². The van der Waals surface area contributed by atoms with Crippen LogP contribution in [0.5, 0.6) is 0 Å². The molecule has 0 fully saturated rings. The lowest BCUT2D eigenvalue weighted by molar-refractivity contribution is -0.143. The van der Waals surface area contributed by atoms with E-state index in [1.807, 2.05) is 19.1 Å². The van der Waals surface area contributed by atoms with Gasteiger partial charge in [0.2, 0.25) is 0 Å². The first-order valence-corrected chi connectivity index (χ1v) is 6.62. The van der Waals surface area contributed by atoms with Gasteiger partial charge in [-0.1, -0.05) is 6.92 Å². The normalized spacial score (nSPS) is 14.2. The Labute approximate surface area is 106 Å². The summed E-state index contributed by atoms with van der Waals surface area (Å²) in [6.07, 6.45) is 5.26. The Hall–Kier alpha value is -1.07. The van der Waals surface area contributed by atoms with Gasteiger partial charge >= 0.3 is 5.97 Å². The molecule has 0 aliphatic carbocycles. The van der Waals surface area contributed by atoms with Crippen molar-refractivity contribution in [1.29, 1.82) is 0 Å². The van der Waals surface area contributed by atoms with Crippen LogP contribution in [0.15, 0.2) is 29.4 Å². The highest BCUT2D eigenvalue weighted by molar-refractivity contribution is 7.99. The van der Waals surface area contributed by atoms with Crippen molar-refractivity contribution in [2.24, 2.45) is 5.73 Å². The summed E-state index contributed by atoms with van der Waals surface area (Å²) in [7, 11) is 0. The molecule has 1 unspecified atom stereocenters. The van der Waals surface area contributed by atoms with Crippen LogP contribution in [0.25, 0.3) is 0 Å². The molecule has 0 amide bonds. The van der Waals surface area contributed by atoms with E-state index in [-0.39, 0.29) is 0 Å². The van der Waals surface area contributed by atoms with Gasteiger partial charge in [0.05, 0.1) is 0 Å². The molecule has 0 aromatic carbocycles. The SMILES string of the molecule is CCC(N)(CCCSc1ccncc1)C(=O)O. The molecule has 0 aliphatic heterocycles. The Bertz CT molecular complexity index is 359. The summed E-state index contributed by atoms with van der Waals surface area (Å²) in [4.78, 5) is 16.1. The number of nitrogens with zero attached hydrogens (tertiary/aromatic N) is 1. The van der Waals surface area contributed by atoms with Gasteiger partial charge in [0.1, 0.15) is 5.54 Å². The molecule has 0 aliphatic rings. The van der Waals surface area contributed by atoms with E-state index in [9.17, 15) is 4.79 Å². The minimum atomic E-state index is -1.07. The molecule has 5 heteroatoms. The van der Waals surface area contributed by atoms with Crippen molar-refractivity contribution in [1.82, 2.24) is 4.98 Å². The van der Waals surface area contributed by atoms with Gasteiger partial charge < -0.3 is 10.8 Å². The second kappa shape index (κ2) is 6.61. The number of thioether (sulfide) groups is 1. The van der Waals surface area contributed by atoms with E-state index in [2.05, 4.69) is 4.98 Å². The van der Waals surface area contributed by atoms with E-state index in [0.717, 1.165) is 17.1 Å². The first-order chi connectivity index (χ1) is 8.08. The number of carboxylic acid groups (broad SMARTS) is 1. The number of aliphatic carboxylic acids is 1. The van der Waals surface area contributed by atoms with E-state index in [1.54, 1.807) is 24.2 Å². The van der Waals surface area contributed by atoms with E-state index in [0.29, 0.717) is 12.8 Å². The molecule has 0 saturated heterocycles. The number of rotatable bonds is 7. The molecule has 1 atom stereocenters. The molecule has 3 N–H and O–H groups in total. The molecule has 17 heavy (non-hydrogen) atoms. The molecule has 1 rings (SSSR count). The Kier molecular flexibility index (Phi) is 5.44. The van der Waals surface area contributed by atoms with E-state index < -0.39 is 11.5 Å². The third kappa shape index (κ3) is 4.36. The van der Waals surface area contributed by atoms with Crippen LogP contribution in [0.2, 0.25) is 0 Å². The lowest BCUT2D eigenvalue weighted by atomic mass is 9.92. The molecule has 94 valence electrons. The molecule has 0 saturated carbocycles. The van der Waals surface area contributed by atoms with Gasteiger partial charge in [-0.25, -0.2) is 0 Å². The smallest absolute Gasteiger partial charge is 0.323 e. The summed E-state index contributed by atoms with van der Waals surface area (Å²) in [6.45, 7) is 1.81. The van der Waals surface area contributed by atoms with Crippen molar-refractivity contribution in [3.63, 3.8) is 0 Å². The highest BCUT2D eigenvalue weighted by atomic mass is 32.2. The summed E-state index contributed by atoms with van der Waals surface area (Å²) in [5.74, 6) is -0.0371. The largest absolute Gasteiger partial charge is 0.480 e. The molecular formula is C12H18N2O2S. The van der Waals surface area contributed by atoms with Crippen molar-refractivity contribution in [2.45, 2.75) is 36.6 Å². The second-order valence-corrected chi connectivity index (χ2v) is 5.12. The standard InChI is InChI=1S/C12H18N2O2S/c1-2-12(13,11(15)16)6-3-9-17-10-4-7-14-8-5-10/h4-5,7-8H,2-3,6,9,13H2,1H3,(H,15,16). The second-order valence-electron chi connectivity index (χ2n) is 3.95. The first kappa shape index (κ1) is 14.0. The van der Waals surface area contributed by atoms with Crippen molar-refractivity contribution >= 4 is 17.7 Å². The van der Waals surface area contributed by atoms with Crippen LogP contribution in [0, 0.1) is 0 Å². The van der Waals surface area contributed by atoms with Gasteiger partial charge in [-0.05, 0) is 37.1 Å². The van der Waals surface area contributed by atoms with Gasteiger partial charge in [0.25, 0.3) is 0 Å². The Balaban J connectivity index is 2.31. The molecule has 1 aromatic rings. The number of hydrogen-bond donors (Lipinski definition) is 2. The van der Waals surface area contributed by atoms with Crippen LogP contribution in [-0.4, -0.2) is 27.4 Å². The number of carboxylic acids is 1. The average molecular weight is 254 g/mol. The molecule has 4 nitrogen and oxygen atoms in total. The number of carbonyl (C=O) groups is 1. The van der Waals surface area contributed by atoms with E-state index in [1.165, 1.54) is 0 Å². The van der Waals surface area contributed by atoms with Crippen LogP contribution in [-0.2, 0) is 4.79 Å². The summed E-state index contributed by atoms with van der Waals surface area (Å²) in [5.41, 5.74) is 4.73. The van der Waals surface area contributed by atoms with Crippen molar-refractivity contribution < 1.29 is 9.90 Å². The maximum atomic E-state index is 11.0. The summed E-state index contributed by atoms with van der Waals surface area (Å²) in [5, 5.41) is 9.01. The highest BCUT2D eigenvalue weighted by Gasteiger charge is 2.30. The monoisotopic (exact) mass is 254 g/mol. The summed E-state index contributed by atoms with van der Waals surface area (Å²) >= 11 is 1.69. The van der Waals surface area contributed by atoms with Crippen molar-refractivity contribution in [3.8, 4) is 0 Å². The van der Waals surface area contributed by atoms with Gasteiger partial charge in [-0.15, -0.1) is 11.8 Å². The Morgan fingerprint density at radius 3 is 2.71 bits per heavy atom. The first-order valence-electron chi connectivity index (χ1n) is 5.63. The fraction of sp³-hybridized carbons (Fsp3) is 0.500. The fourth-order valence-electron chi connectivity index (χ4n) is 1.45. The highest BCUT2D eigenvalue weighted by Crippen LogP contribution is 2.21. The lowest BCUT2D eigenvalue weighted by Gasteiger charge is -2.22. The quantitative estimate of drug-likeness (QED) is 0.576. The third-order valence-corrected chi connectivity index (χ3v) is 3.84. The molecule has 1 heterocycles. The predicted octanol–water partition coefficient (Wildman–Crippen LogP) is 2.15. The summed E-state index contributed by atoms with van der Waals surface area (Å²) < 4.78 is 0. The number of hydrogen-bond acceptors (Lipinski definition) is 4. The fourth-order valence-corrected chi connectivity index (χ4v) is 2.29.